The Labute approximate surface area is 155 Å². The Morgan fingerprint density at radius 2 is 1.89 bits per heavy atom. The van der Waals surface area contributed by atoms with Crippen molar-refractivity contribution < 1.29 is 27.8 Å². The van der Waals surface area contributed by atoms with E-state index in [1.54, 1.807) is 23.1 Å². The van der Waals surface area contributed by atoms with E-state index < -0.39 is 11.6 Å². The molecule has 0 radical (unpaired) electrons. The maximum absolute atomic E-state index is 13.3. The smallest absolute Gasteiger partial charge is 0.254 e. The number of piperidine rings is 1. The zero-order valence-electron chi connectivity index (χ0n) is 14.6. The average molecular weight is 375 g/mol. The topological polar surface area (TPSA) is 48.0 Å². The number of nitrogens with zero attached hydrogens (tertiary/aromatic N) is 1. The van der Waals surface area contributed by atoms with Gasteiger partial charge in [0.25, 0.3) is 5.91 Å². The molecule has 142 valence electrons. The van der Waals surface area contributed by atoms with E-state index in [2.05, 4.69) is 0 Å². The highest BCUT2D eigenvalue weighted by atomic mass is 19.1. The first-order valence-corrected chi connectivity index (χ1v) is 8.84. The van der Waals surface area contributed by atoms with Gasteiger partial charge in [0.1, 0.15) is 11.6 Å². The van der Waals surface area contributed by atoms with Crippen LogP contribution < -0.4 is 9.47 Å². The predicted octanol–water partition coefficient (Wildman–Crippen LogP) is 3.51. The number of benzene rings is 2. The Morgan fingerprint density at radius 3 is 2.70 bits per heavy atom. The van der Waals surface area contributed by atoms with Crippen molar-refractivity contribution in [3.05, 3.63) is 59.2 Å². The summed E-state index contributed by atoms with van der Waals surface area (Å²) in [6, 6.07) is 8.46. The highest BCUT2D eigenvalue weighted by molar-refractivity contribution is 5.95. The van der Waals surface area contributed by atoms with E-state index >= 15 is 0 Å². The molecule has 2 aliphatic rings. The summed E-state index contributed by atoms with van der Waals surface area (Å²) in [5.74, 6) is -0.153. The quantitative estimate of drug-likeness (QED) is 0.821. The first kappa shape index (κ1) is 17.7. The van der Waals surface area contributed by atoms with E-state index in [4.69, 9.17) is 14.2 Å². The van der Waals surface area contributed by atoms with Crippen LogP contribution in [0.3, 0.4) is 0 Å². The molecule has 5 nitrogen and oxygen atoms in total. The molecule has 27 heavy (non-hydrogen) atoms. The maximum Gasteiger partial charge on any atom is 0.254 e. The van der Waals surface area contributed by atoms with Crippen molar-refractivity contribution in [3.8, 4) is 11.5 Å². The van der Waals surface area contributed by atoms with Crippen molar-refractivity contribution in [1.82, 2.24) is 4.90 Å². The van der Waals surface area contributed by atoms with Gasteiger partial charge in [0.15, 0.2) is 11.5 Å². The lowest BCUT2D eigenvalue weighted by Gasteiger charge is -2.32. The van der Waals surface area contributed by atoms with E-state index in [9.17, 15) is 13.6 Å². The second-order valence-corrected chi connectivity index (χ2v) is 6.67. The fraction of sp³-hybridized carbons (Fsp3) is 0.350. The van der Waals surface area contributed by atoms with Crippen molar-refractivity contribution in [2.24, 2.45) is 0 Å². The Hall–Kier alpha value is -2.67. The van der Waals surface area contributed by atoms with E-state index in [1.807, 2.05) is 0 Å². The second-order valence-electron chi connectivity index (χ2n) is 6.67. The molecule has 7 heteroatoms. The molecule has 1 fully saturated rings. The van der Waals surface area contributed by atoms with Crippen LogP contribution in [-0.4, -0.2) is 36.8 Å². The van der Waals surface area contributed by atoms with E-state index in [1.165, 1.54) is 12.1 Å². The summed E-state index contributed by atoms with van der Waals surface area (Å²) >= 11 is 0. The van der Waals surface area contributed by atoms with Crippen molar-refractivity contribution in [2.75, 3.05) is 19.9 Å². The molecule has 2 heterocycles. The molecule has 0 spiro atoms. The molecule has 0 aliphatic carbocycles. The first-order chi connectivity index (χ1) is 13.1. The van der Waals surface area contributed by atoms with Gasteiger partial charge in [-0.15, -0.1) is 0 Å². The summed E-state index contributed by atoms with van der Waals surface area (Å²) in [6.07, 6.45) is 1.42. The van der Waals surface area contributed by atoms with Crippen molar-refractivity contribution in [1.29, 1.82) is 0 Å². The predicted molar refractivity (Wildman–Crippen MR) is 92.6 cm³/mol. The molecule has 2 aromatic rings. The molecule has 2 aliphatic heterocycles. The lowest BCUT2D eigenvalue weighted by atomic mass is 10.1. The third-order valence-corrected chi connectivity index (χ3v) is 4.69. The van der Waals surface area contributed by atoms with Crippen LogP contribution in [0.2, 0.25) is 0 Å². The highest BCUT2D eigenvalue weighted by Gasteiger charge is 2.26. The third kappa shape index (κ3) is 4.03. The summed E-state index contributed by atoms with van der Waals surface area (Å²) in [4.78, 5) is 14.5. The lowest BCUT2D eigenvalue weighted by Crippen LogP contribution is -2.43. The molecule has 2 aromatic carbocycles. The van der Waals surface area contributed by atoms with Gasteiger partial charge in [0.2, 0.25) is 6.79 Å². The Morgan fingerprint density at radius 1 is 1.11 bits per heavy atom. The molecule has 0 bridgehead atoms. The SMILES string of the molecule is O=C(c1ccc2c(c1)OCO2)N1CCC[C@@H](OCc2cc(F)cc(F)c2)C1. The van der Waals surface area contributed by atoms with E-state index in [-0.39, 0.29) is 25.4 Å². The minimum Gasteiger partial charge on any atom is -0.454 e. The van der Waals surface area contributed by atoms with Crippen LogP contribution in [0.4, 0.5) is 8.78 Å². The zero-order chi connectivity index (χ0) is 18.8. The Balaban J connectivity index is 1.38. The van der Waals surface area contributed by atoms with Crippen LogP contribution in [0.15, 0.2) is 36.4 Å². The summed E-state index contributed by atoms with van der Waals surface area (Å²) in [5, 5.41) is 0. The highest BCUT2D eigenvalue weighted by Crippen LogP contribution is 2.33. The monoisotopic (exact) mass is 375 g/mol. The number of rotatable bonds is 4. The molecule has 1 atom stereocenters. The van der Waals surface area contributed by atoms with Crippen LogP contribution in [0.1, 0.15) is 28.8 Å². The van der Waals surface area contributed by atoms with Crippen LogP contribution >= 0.6 is 0 Å². The molecule has 0 saturated carbocycles. The normalized spacial score (nSPS) is 18.6. The van der Waals surface area contributed by atoms with Gasteiger partial charge in [0, 0.05) is 24.7 Å². The van der Waals surface area contributed by atoms with Gasteiger partial charge in [0.05, 0.1) is 12.7 Å². The number of halogens is 2. The zero-order valence-corrected chi connectivity index (χ0v) is 14.6. The van der Waals surface area contributed by atoms with Crippen LogP contribution in [0, 0.1) is 11.6 Å². The minimum absolute atomic E-state index is 0.0987. The Bertz CT molecular complexity index is 838. The molecular weight excluding hydrogens is 356 g/mol. The van der Waals surface area contributed by atoms with Gasteiger partial charge in [-0.3, -0.25) is 4.79 Å². The van der Waals surface area contributed by atoms with Gasteiger partial charge < -0.3 is 19.1 Å². The maximum atomic E-state index is 13.3. The molecule has 0 unspecified atom stereocenters. The van der Waals surface area contributed by atoms with E-state index in [0.29, 0.717) is 35.7 Å². The van der Waals surface area contributed by atoms with Crippen molar-refractivity contribution in [2.45, 2.75) is 25.6 Å². The second kappa shape index (κ2) is 7.52. The number of amides is 1. The summed E-state index contributed by atoms with van der Waals surface area (Å²) in [5.41, 5.74) is 0.971. The van der Waals surface area contributed by atoms with Gasteiger partial charge in [-0.25, -0.2) is 8.78 Å². The summed E-state index contributed by atoms with van der Waals surface area (Å²) in [6.45, 7) is 1.34. The third-order valence-electron chi connectivity index (χ3n) is 4.69. The van der Waals surface area contributed by atoms with Gasteiger partial charge in [-0.05, 0) is 48.7 Å². The number of likely N-dealkylation sites (tertiary alicyclic amines) is 1. The van der Waals surface area contributed by atoms with Gasteiger partial charge in [-0.2, -0.15) is 0 Å². The number of carbonyl (C=O) groups is 1. The molecular formula is C20H19F2NO4. The lowest BCUT2D eigenvalue weighted by molar-refractivity contribution is -0.00687. The molecule has 1 amide bonds. The summed E-state index contributed by atoms with van der Waals surface area (Å²) < 4.78 is 42.9. The molecule has 0 aromatic heterocycles. The molecule has 1 saturated heterocycles. The van der Waals surface area contributed by atoms with Gasteiger partial charge >= 0.3 is 0 Å². The number of carbonyl (C=O) groups excluding carboxylic acids is 1. The van der Waals surface area contributed by atoms with Gasteiger partial charge in [-0.1, -0.05) is 0 Å². The van der Waals surface area contributed by atoms with Crippen molar-refractivity contribution >= 4 is 5.91 Å². The first-order valence-electron chi connectivity index (χ1n) is 8.84. The number of hydrogen-bond donors (Lipinski definition) is 0. The number of ether oxygens (including phenoxy) is 3. The van der Waals surface area contributed by atoms with Crippen LogP contribution in [0.5, 0.6) is 11.5 Å². The van der Waals surface area contributed by atoms with Crippen LogP contribution in [0.25, 0.3) is 0 Å². The number of fused-ring (bicyclic) bond motifs is 1. The van der Waals surface area contributed by atoms with Crippen LogP contribution in [-0.2, 0) is 11.3 Å². The summed E-state index contributed by atoms with van der Waals surface area (Å²) in [7, 11) is 0. The fourth-order valence-corrected chi connectivity index (χ4v) is 3.38. The van der Waals surface area contributed by atoms with Crippen molar-refractivity contribution in [3.63, 3.8) is 0 Å². The Kier molecular flexibility index (Phi) is 4.94. The average Bonchev–Trinajstić information content (AvgIpc) is 3.13. The molecule has 4 rings (SSSR count). The fourth-order valence-electron chi connectivity index (χ4n) is 3.38. The largest absolute Gasteiger partial charge is 0.454 e. The minimum atomic E-state index is -0.628. The standard InChI is InChI=1S/C20H19F2NO4/c21-15-6-13(7-16(22)9-15)11-25-17-2-1-5-23(10-17)20(24)14-3-4-18-19(8-14)27-12-26-18/h3-4,6-9,17H,1-2,5,10-12H2/t17-/m1/s1. The molecule has 0 N–H and O–H groups in total. The number of hydrogen-bond acceptors (Lipinski definition) is 4. The van der Waals surface area contributed by atoms with E-state index in [0.717, 1.165) is 18.9 Å².